The summed E-state index contributed by atoms with van der Waals surface area (Å²) >= 11 is 3.31. The molecule has 0 aromatic heterocycles. The van der Waals surface area contributed by atoms with E-state index in [1.807, 2.05) is 13.8 Å². The zero-order valence-electron chi connectivity index (χ0n) is 17.6. The summed E-state index contributed by atoms with van der Waals surface area (Å²) in [5, 5.41) is 2.76. The van der Waals surface area contributed by atoms with Gasteiger partial charge in [-0.2, -0.15) is 0 Å². The van der Waals surface area contributed by atoms with Crippen molar-refractivity contribution in [3.05, 3.63) is 76.8 Å². The minimum atomic E-state index is -3.75. The highest BCUT2D eigenvalue weighted by Crippen LogP contribution is 2.29. The van der Waals surface area contributed by atoms with E-state index in [-0.39, 0.29) is 10.8 Å². The van der Waals surface area contributed by atoms with E-state index in [9.17, 15) is 13.2 Å². The van der Waals surface area contributed by atoms with E-state index in [2.05, 4.69) is 26.0 Å². The Morgan fingerprint density at radius 2 is 1.44 bits per heavy atom. The number of hydrogen-bond acceptors (Lipinski definition) is 5. The number of nitrogens with one attached hydrogen (secondary N) is 2. The van der Waals surface area contributed by atoms with Crippen molar-refractivity contribution < 1.29 is 22.7 Å². The summed E-state index contributed by atoms with van der Waals surface area (Å²) in [5.74, 6) is 0.707. The number of hydrogen-bond donors (Lipinski definition) is 2. The number of ether oxygens (including phenoxy) is 2. The van der Waals surface area contributed by atoms with Gasteiger partial charge < -0.3 is 14.8 Å². The lowest BCUT2D eigenvalue weighted by molar-refractivity contribution is 0.102. The molecule has 3 aromatic rings. The predicted octanol–water partition coefficient (Wildman–Crippen LogP) is 5.30. The molecule has 168 valence electrons. The van der Waals surface area contributed by atoms with Crippen LogP contribution < -0.4 is 19.5 Å². The Kier molecular flexibility index (Phi) is 7.76. The minimum absolute atomic E-state index is 0.0816. The van der Waals surface area contributed by atoms with Gasteiger partial charge in [0, 0.05) is 21.4 Å². The minimum Gasteiger partial charge on any atom is -0.490 e. The molecule has 7 nitrogen and oxygen atoms in total. The van der Waals surface area contributed by atoms with E-state index in [0.717, 1.165) is 4.47 Å². The second kappa shape index (κ2) is 10.5. The average Bonchev–Trinajstić information content (AvgIpc) is 2.77. The first kappa shape index (κ1) is 23.6. The second-order valence-electron chi connectivity index (χ2n) is 6.62. The summed E-state index contributed by atoms with van der Waals surface area (Å²) in [5.41, 5.74) is 1.31. The van der Waals surface area contributed by atoms with Gasteiger partial charge in [0.2, 0.25) is 0 Å². The molecule has 0 bridgehead atoms. The summed E-state index contributed by atoms with van der Waals surface area (Å²) < 4.78 is 39.6. The zero-order chi connectivity index (χ0) is 23.1. The van der Waals surface area contributed by atoms with Gasteiger partial charge in [-0.05, 0) is 80.6 Å². The molecule has 0 aliphatic heterocycles. The summed E-state index contributed by atoms with van der Waals surface area (Å²) in [6.07, 6.45) is 0. The van der Waals surface area contributed by atoms with Crippen LogP contribution in [0, 0.1) is 0 Å². The average molecular weight is 519 g/mol. The third-order valence-corrected chi connectivity index (χ3v) is 6.25. The maximum atomic E-state index is 12.6. The van der Waals surface area contributed by atoms with Crippen LogP contribution in [0.4, 0.5) is 11.4 Å². The molecule has 0 unspecified atom stereocenters. The van der Waals surface area contributed by atoms with Crippen LogP contribution in [-0.2, 0) is 10.0 Å². The van der Waals surface area contributed by atoms with E-state index in [1.165, 1.54) is 24.3 Å². The van der Waals surface area contributed by atoms with Crippen LogP contribution in [0.1, 0.15) is 24.2 Å². The lowest BCUT2D eigenvalue weighted by Crippen LogP contribution is -2.14. The molecule has 0 aliphatic carbocycles. The highest BCUT2D eigenvalue weighted by atomic mass is 79.9. The molecule has 32 heavy (non-hydrogen) atoms. The monoisotopic (exact) mass is 518 g/mol. The van der Waals surface area contributed by atoms with Crippen molar-refractivity contribution in [2.24, 2.45) is 0 Å². The molecule has 0 heterocycles. The molecule has 1 amide bonds. The molecule has 0 aliphatic rings. The predicted molar refractivity (Wildman–Crippen MR) is 128 cm³/mol. The van der Waals surface area contributed by atoms with Crippen LogP contribution in [-0.4, -0.2) is 27.5 Å². The maximum absolute atomic E-state index is 12.6. The van der Waals surface area contributed by atoms with E-state index in [1.54, 1.807) is 42.5 Å². The Bertz CT molecular complexity index is 1180. The van der Waals surface area contributed by atoms with Crippen LogP contribution >= 0.6 is 15.9 Å². The number of anilines is 2. The number of rotatable bonds is 9. The van der Waals surface area contributed by atoms with Crippen LogP contribution in [0.2, 0.25) is 0 Å². The largest absolute Gasteiger partial charge is 0.490 e. The van der Waals surface area contributed by atoms with Gasteiger partial charge in [-0.3, -0.25) is 9.52 Å². The number of amides is 1. The fourth-order valence-electron chi connectivity index (χ4n) is 2.85. The van der Waals surface area contributed by atoms with Gasteiger partial charge in [0.05, 0.1) is 18.1 Å². The molecule has 9 heteroatoms. The summed E-state index contributed by atoms with van der Waals surface area (Å²) in [4.78, 5) is 12.7. The van der Waals surface area contributed by atoms with Crippen LogP contribution in [0.15, 0.2) is 76.1 Å². The summed E-state index contributed by atoms with van der Waals surface area (Å²) in [6, 6.07) is 17.7. The second-order valence-corrected chi connectivity index (χ2v) is 9.22. The van der Waals surface area contributed by atoms with Gasteiger partial charge in [0.1, 0.15) is 0 Å². The molecule has 0 radical (unpaired) electrons. The first-order valence-electron chi connectivity index (χ1n) is 9.92. The number of carbonyl (C=O) groups is 1. The quantitative estimate of drug-likeness (QED) is 0.400. The zero-order valence-corrected chi connectivity index (χ0v) is 20.0. The topological polar surface area (TPSA) is 93.7 Å². The molecule has 0 spiro atoms. The van der Waals surface area contributed by atoms with Crippen molar-refractivity contribution in [1.82, 2.24) is 0 Å². The molecule has 0 saturated carbocycles. The standard InChI is InChI=1S/C23H23BrN2O5S/c1-3-30-21-14-5-16(15-22(21)31-4-2)23(27)25-18-10-12-20(13-11-18)32(28,29)26-19-8-6-17(24)7-9-19/h5-15,26H,3-4H2,1-2H3,(H,25,27). The SMILES string of the molecule is CCOc1ccc(C(=O)Nc2ccc(S(=O)(=O)Nc3ccc(Br)cc3)cc2)cc1OCC. The molecule has 0 atom stereocenters. The third-order valence-electron chi connectivity index (χ3n) is 4.32. The van der Waals surface area contributed by atoms with Gasteiger partial charge in [-0.15, -0.1) is 0 Å². The van der Waals surface area contributed by atoms with Crippen molar-refractivity contribution in [1.29, 1.82) is 0 Å². The van der Waals surface area contributed by atoms with Crippen LogP contribution in [0.5, 0.6) is 11.5 Å². The van der Waals surface area contributed by atoms with Crippen molar-refractivity contribution in [3.63, 3.8) is 0 Å². The molecule has 0 saturated heterocycles. The first-order valence-corrected chi connectivity index (χ1v) is 12.2. The first-order chi connectivity index (χ1) is 15.3. The highest BCUT2D eigenvalue weighted by molar-refractivity contribution is 9.10. The van der Waals surface area contributed by atoms with Crippen LogP contribution in [0.25, 0.3) is 0 Å². The fraction of sp³-hybridized carbons (Fsp3) is 0.174. The Balaban J connectivity index is 1.71. The van der Waals surface area contributed by atoms with Gasteiger partial charge in [-0.1, -0.05) is 15.9 Å². The lowest BCUT2D eigenvalue weighted by Gasteiger charge is -2.13. The van der Waals surface area contributed by atoms with Crippen molar-refractivity contribution >= 4 is 43.2 Å². The molecular formula is C23H23BrN2O5S. The number of sulfonamides is 1. The third kappa shape index (κ3) is 6.02. The van der Waals surface area contributed by atoms with Gasteiger partial charge in [-0.25, -0.2) is 8.42 Å². The number of halogens is 1. The van der Waals surface area contributed by atoms with Gasteiger partial charge in [0.15, 0.2) is 11.5 Å². The van der Waals surface area contributed by atoms with Crippen molar-refractivity contribution in [2.75, 3.05) is 23.3 Å². The number of carbonyl (C=O) groups excluding carboxylic acids is 1. The molecule has 2 N–H and O–H groups in total. The lowest BCUT2D eigenvalue weighted by atomic mass is 10.2. The van der Waals surface area contributed by atoms with Crippen LogP contribution in [0.3, 0.4) is 0 Å². The normalized spacial score (nSPS) is 11.0. The number of benzene rings is 3. The van der Waals surface area contributed by atoms with Gasteiger partial charge >= 0.3 is 0 Å². The van der Waals surface area contributed by atoms with E-state index in [4.69, 9.17) is 9.47 Å². The molecular weight excluding hydrogens is 496 g/mol. The Labute approximate surface area is 195 Å². The molecule has 3 rings (SSSR count). The molecule has 3 aromatic carbocycles. The summed E-state index contributed by atoms with van der Waals surface area (Å²) in [7, 11) is -3.75. The highest BCUT2D eigenvalue weighted by Gasteiger charge is 2.15. The maximum Gasteiger partial charge on any atom is 0.261 e. The fourth-order valence-corrected chi connectivity index (χ4v) is 4.17. The molecule has 0 fully saturated rings. The van der Waals surface area contributed by atoms with E-state index >= 15 is 0 Å². The van der Waals surface area contributed by atoms with E-state index < -0.39 is 10.0 Å². The van der Waals surface area contributed by atoms with Crippen molar-refractivity contribution in [2.45, 2.75) is 18.7 Å². The Morgan fingerprint density at radius 1 is 0.844 bits per heavy atom. The van der Waals surface area contributed by atoms with E-state index in [0.29, 0.717) is 41.7 Å². The van der Waals surface area contributed by atoms with Gasteiger partial charge in [0.25, 0.3) is 15.9 Å². The Hall–Kier alpha value is -3.04. The summed E-state index contributed by atoms with van der Waals surface area (Å²) in [6.45, 7) is 4.64. The smallest absolute Gasteiger partial charge is 0.261 e. The Morgan fingerprint density at radius 3 is 2.06 bits per heavy atom. The van der Waals surface area contributed by atoms with Crippen molar-refractivity contribution in [3.8, 4) is 11.5 Å².